The maximum atomic E-state index is 12.3. The highest BCUT2D eigenvalue weighted by Crippen LogP contribution is 2.17. The highest BCUT2D eigenvalue weighted by atomic mass is 19.4. The lowest BCUT2D eigenvalue weighted by molar-refractivity contribution is -0.142. The molecule has 2 rings (SSSR count). The molecular formula is C16H18F3N5O2. The van der Waals surface area contributed by atoms with Gasteiger partial charge in [0.2, 0.25) is 0 Å². The van der Waals surface area contributed by atoms with E-state index in [-0.39, 0.29) is 18.1 Å². The van der Waals surface area contributed by atoms with Crippen LogP contribution in [0, 0.1) is 0 Å². The maximum absolute atomic E-state index is 12.3. The molecule has 0 spiro atoms. The Balaban J connectivity index is 1.94. The molecule has 7 nitrogen and oxygen atoms in total. The predicted octanol–water partition coefficient (Wildman–Crippen LogP) is 2.47. The van der Waals surface area contributed by atoms with E-state index in [0.717, 1.165) is 18.0 Å². The van der Waals surface area contributed by atoms with Gasteiger partial charge in [0.1, 0.15) is 6.54 Å². The largest absolute Gasteiger partial charge is 0.408 e. The van der Waals surface area contributed by atoms with Crippen molar-refractivity contribution in [2.75, 3.05) is 19.4 Å². The average Bonchev–Trinajstić information content (AvgIpc) is 2.99. The summed E-state index contributed by atoms with van der Waals surface area (Å²) >= 11 is 0. The van der Waals surface area contributed by atoms with Gasteiger partial charge in [0.25, 0.3) is 5.91 Å². The van der Waals surface area contributed by atoms with Crippen LogP contribution in [0.5, 0.6) is 0 Å². The number of hydrogen-bond donors (Lipinski definition) is 2. The molecule has 2 N–H and O–H groups in total. The molecule has 1 aromatic carbocycles. The molecular weight excluding hydrogens is 351 g/mol. The summed E-state index contributed by atoms with van der Waals surface area (Å²) in [6.45, 7) is -1.11. The zero-order valence-corrected chi connectivity index (χ0v) is 14.2. The number of carbonyl (C=O) groups excluding carboxylic acids is 2. The fourth-order valence-corrected chi connectivity index (χ4v) is 2.03. The number of amides is 3. The molecule has 0 aliphatic heterocycles. The Kier molecular flexibility index (Phi) is 5.86. The highest BCUT2D eigenvalue weighted by Gasteiger charge is 2.28. The van der Waals surface area contributed by atoms with Crippen molar-refractivity contribution in [2.24, 2.45) is 0 Å². The Morgan fingerprint density at radius 1 is 1.27 bits per heavy atom. The van der Waals surface area contributed by atoms with Gasteiger partial charge in [-0.15, -0.1) is 0 Å². The molecule has 0 bridgehead atoms. The molecule has 0 fully saturated rings. The van der Waals surface area contributed by atoms with Gasteiger partial charge in [0, 0.05) is 32.5 Å². The topological polar surface area (TPSA) is 79.3 Å². The van der Waals surface area contributed by atoms with E-state index in [1.807, 2.05) is 0 Å². The number of benzene rings is 1. The number of nitrogens with one attached hydrogen (secondary N) is 2. The molecule has 0 aliphatic rings. The van der Waals surface area contributed by atoms with Crippen LogP contribution in [0.3, 0.4) is 0 Å². The second kappa shape index (κ2) is 7.89. The molecule has 3 amide bonds. The number of urea groups is 1. The van der Waals surface area contributed by atoms with Crippen molar-refractivity contribution in [3.05, 3.63) is 47.8 Å². The van der Waals surface area contributed by atoms with Gasteiger partial charge in [-0.05, 0) is 17.7 Å². The Bertz CT molecular complexity index is 786. The summed E-state index contributed by atoms with van der Waals surface area (Å²) in [5.41, 5.74) is 1.32. The SMILES string of the molecule is CN(C)C(=O)Nc1cccc(CNC(=O)c2cnn(CC(F)(F)F)c2)c1. The van der Waals surface area contributed by atoms with Crippen LogP contribution >= 0.6 is 0 Å². The van der Waals surface area contributed by atoms with Crippen LogP contribution in [0.15, 0.2) is 36.7 Å². The van der Waals surface area contributed by atoms with Crippen LogP contribution in [0.25, 0.3) is 0 Å². The molecule has 0 unspecified atom stereocenters. The third kappa shape index (κ3) is 5.80. The maximum Gasteiger partial charge on any atom is 0.408 e. The fourth-order valence-electron chi connectivity index (χ4n) is 2.03. The average molecular weight is 369 g/mol. The summed E-state index contributed by atoms with van der Waals surface area (Å²) in [4.78, 5) is 25.0. The second-order valence-corrected chi connectivity index (χ2v) is 5.75. The number of nitrogens with zero attached hydrogens (tertiary/aromatic N) is 3. The third-order valence-corrected chi connectivity index (χ3v) is 3.27. The molecule has 1 aromatic heterocycles. The van der Waals surface area contributed by atoms with Gasteiger partial charge in [-0.25, -0.2) is 4.79 Å². The quantitative estimate of drug-likeness (QED) is 0.850. The highest BCUT2D eigenvalue weighted by molar-refractivity contribution is 5.93. The van der Waals surface area contributed by atoms with Crippen molar-refractivity contribution in [3.8, 4) is 0 Å². The van der Waals surface area contributed by atoms with Crippen molar-refractivity contribution in [3.63, 3.8) is 0 Å². The minimum atomic E-state index is -4.41. The molecule has 140 valence electrons. The van der Waals surface area contributed by atoms with Crippen molar-refractivity contribution in [1.82, 2.24) is 20.0 Å². The number of anilines is 1. The van der Waals surface area contributed by atoms with E-state index in [4.69, 9.17) is 0 Å². The smallest absolute Gasteiger partial charge is 0.348 e. The van der Waals surface area contributed by atoms with Gasteiger partial charge in [-0.3, -0.25) is 9.48 Å². The summed E-state index contributed by atoms with van der Waals surface area (Å²) in [6, 6.07) is 6.57. The standard InChI is InChI=1S/C16H18F3N5O2/c1-23(2)15(26)22-13-5-3-4-11(6-13)7-20-14(25)12-8-21-24(9-12)10-16(17,18)19/h3-6,8-9H,7,10H2,1-2H3,(H,20,25)(H,22,26). The summed E-state index contributed by atoms with van der Waals surface area (Å²) < 4.78 is 37.6. The van der Waals surface area contributed by atoms with E-state index in [2.05, 4.69) is 15.7 Å². The van der Waals surface area contributed by atoms with E-state index in [1.54, 1.807) is 38.4 Å². The number of alkyl halides is 3. The van der Waals surface area contributed by atoms with E-state index < -0.39 is 18.6 Å². The minimum Gasteiger partial charge on any atom is -0.348 e. The zero-order chi connectivity index (χ0) is 19.3. The summed E-state index contributed by atoms with van der Waals surface area (Å²) in [7, 11) is 3.22. The minimum absolute atomic E-state index is 0.0336. The van der Waals surface area contributed by atoms with Crippen LogP contribution < -0.4 is 10.6 Å². The number of rotatable bonds is 5. The molecule has 0 radical (unpaired) electrons. The number of carbonyl (C=O) groups is 2. The van der Waals surface area contributed by atoms with E-state index >= 15 is 0 Å². The first kappa shape index (κ1) is 19.3. The molecule has 0 saturated carbocycles. The first-order chi connectivity index (χ1) is 12.1. The summed E-state index contributed by atoms with van der Waals surface area (Å²) in [5, 5.41) is 8.80. The fraction of sp³-hybridized carbons (Fsp3) is 0.312. The van der Waals surface area contributed by atoms with Crippen molar-refractivity contribution in [1.29, 1.82) is 0 Å². The number of aromatic nitrogens is 2. The Morgan fingerprint density at radius 3 is 2.65 bits per heavy atom. The van der Waals surface area contributed by atoms with E-state index in [1.165, 1.54) is 4.90 Å². The number of hydrogen-bond acceptors (Lipinski definition) is 3. The van der Waals surface area contributed by atoms with Crippen LogP contribution in [0.1, 0.15) is 15.9 Å². The lowest BCUT2D eigenvalue weighted by Gasteiger charge is -2.13. The number of halogens is 3. The Labute approximate surface area is 147 Å². The molecule has 1 heterocycles. The van der Waals surface area contributed by atoms with Crippen molar-refractivity contribution >= 4 is 17.6 Å². The predicted molar refractivity (Wildman–Crippen MR) is 88.6 cm³/mol. The zero-order valence-electron chi connectivity index (χ0n) is 14.2. The van der Waals surface area contributed by atoms with Crippen molar-refractivity contribution < 1.29 is 22.8 Å². The second-order valence-electron chi connectivity index (χ2n) is 5.75. The van der Waals surface area contributed by atoms with Gasteiger partial charge in [-0.2, -0.15) is 18.3 Å². The molecule has 0 saturated heterocycles. The van der Waals surface area contributed by atoms with Gasteiger partial charge < -0.3 is 15.5 Å². The van der Waals surface area contributed by atoms with Gasteiger partial charge in [0.05, 0.1) is 11.8 Å². The molecule has 2 aromatic rings. The summed E-state index contributed by atoms with van der Waals surface area (Å²) in [5.74, 6) is -0.541. The van der Waals surface area contributed by atoms with Crippen LogP contribution in [-0.4, -0.2) is 46.9 Å². The van der Waals surface area contributed by atoms with Crippen LogP contribution in [0.4, 0.5) is 23.7 Å². The van der Waals surface area contributed by atoms with Crippen LogP contribution in [-0.2, 0) is 13.1 Å². The lowest BCUT2D eigenvalue weighted by atomic mass is 10.2. The van der Waals surface area contributed by atoms with E-state index in [9.17, 15) is 22.8 Å². The van der Waals surface area contributed by atoms with Crippen LogP contribution in [0.2, 0.25) is 0 Å². The monoisotopic (exact) mass is 369 g/mol. The first-order valence-corrected chi connectivity index (χ1v) is 7.59. The Morgan fingerprint density at radius 2 is 2.00 bits per heavy atom. The molecule has 10 heteroatoms. The van der Waals surface area contributed by atoms with Gasteiger partial charge in [-0.1, -0.05) is 12.1 Å². The summed E-state index contributed by atoms with van der Waals surface area (Å²) in [6.07, 6.45) is -2.29. The first-order valence-electron chi connectivity index (χ1n) is 7.59. The third-order valence-electron chi connectivity index (χ3n) is 3.27. The van der Waals surface area contributed by atoms with E-state index in [0.29, 0.717) is 10.4 Å². The molecule has 0 aliphatic carbocycles. The normalized spacial score (nSPS) is 11.1. The van der Waals surface area contributed by atoms with Gasteiger partial charge in [0.15, 0.2) is 0 Å². The molecule has 26 heavy (non-hydrogen) atoms. The van der Waals surface area contributed by atoms with Crippen molar-refractivity contribution in [2.45, 2.75) is 19.3 Å². The lowest BCUT2D eigenvalue weighted by Crippen LogP contribution is -2.27. The Hall–Kier alpha value is -3.04. The molecule has 0 atom stereocenters. The van der Waals surface area contributed by atoms with Gasteiger partial charge >= 0.3 is 12.2 Å².